The fourth-order valence-corrected chi connectivity index (χ4v) is 1.87. The molecule has 3 nitrogen and oxygen atoms in total. The predicted molar refractivity (Wildman–Crippen MR) is 73.1 cm³/mol. The van der Waals surface area contributed by atoms with E-state index in [1.54, 1.807) is 24.4 Å². The highest BCUT2D eigenvalue weighted by Crippen LogP contribution is 2.29. The number of aryl methyl sites for hydroxylation is 1. The summed E-state index contributed by atoms with van der Waals surface area (Å²) < 4.78 is 0. The van der Waals surface area contributed by atoms with Crippen LogP contribution in [0.25, 0.3) is 0 Å². The molecule has 17 heavy (non-hydrogen) atoms. The molecule has 0 saturated carbocycles. The molecule has 0 spiro atoms. The van der Waals surface area contributed by atoms with Crippen molar-refractivity contribution in [2.24, 2.45) is 0 Å². The van der Waals surface area contributed by atoms with E-state index < -0.39 is 0 Å². The number of anilines is 3. The van der Waals surface area contributed by atoms with Gasteiger partial charge >= 0.3 is 0 Å². The van der Waals surface area contributed by atoms with Crippen LogP contribution in [-0.2, 0) is 0 Å². The van der Waals surface area contributed by atoms with E-state index in [1.165, 1.54) is 0 Å². The van der Waals surface area contributed by atoms with E-state index in [0.717, 1.165) is 11.3 Å². The van der Waals surface area contributed by atoms with Gasteiger partial charge in [-0.1, -0.05) is 23.2 Å². The zero-order chi connectivity index (χ0) is 12.4. The minimum absolute atomic E-state index is 0.527. The Morgan fingerprint density at radius 3 is 2.65 bits per heavy atom. The van der Waals surface area contributed by atoms with Gasteiger partial charge in [-0.05, 0) is 36.8 Å². The quantitative estimate of drug-likeness (QED) is 0.864. The lowest BCUT2D eigenvalue weighted by Crippen LogP contribution is -1.99. The summed E-state index contributed by atoms with van der Waals surface area (Å²) in [5.41, 5.74) is 8.17. The third-order valence-corrected chi connectivity index (χ3v) is 2.79. The van der Waals surface area contributed by atoms with Crippen LogP contribution in [0, 0.1) is 6.92 Å². The van der Waals surface area contributed by atoms with Gasteiger partial charge in [0.1, 0.15) is 0 Å². The van der Waals surface area contributed by atoms with Gasteiger partial charge in [0, 0.05) is 11.2 Å². The van der Waals surface area contributed by atoms with Crippen molar-refractivity contribution in [1.82, 2.24) is 4.98 Å². The number of nitrogens with two attached hydrogens (primary N) is 1. The van der Waals surface area contributed by atoms with Gasteiger partial charge in [0.2, 0.25) is 0 Å². The van der Waals surface area contributed by atoms with E-state index in [1.807, 2.05) is 13.0 Å². The fraction of sp³-hybridized carbons (Fsp3) is 0.0833. The van der Waals surface area contributed by atoms with Crippen molar-refractivity contribution in [3.05, 3.63) is 46.1 Å². The number of aromatic nitrogens is 1. The molecule has 5 heteroatoms. The molecule has 2 aromatic rings. The van der Waals surface area contributed by atoms with Crippen molar-refractivity contribution < 1.29 is 0 Å². The molecule has 88 valence electrons. The minimum Gasteiger partial charge on any atom is -0.396 e. The maximum Gasteiger partial charge on any atom is 0.153 e. The first-order valence-electron chi connectivity index (χ1n) is 5.00. The van der Waals surface area contributed by atoms with Crippen molar-refractivity contribution in [2.45, 2.75) is 6.92 Å². The average Bonchev–Trinajstić information content (AvgIpc) is 2.25. The molecule has 0 fully saturated rings. The largest absolute Gasteiger partial charge is 0.396 e. The molecule has 0 saturated heterocycles. The van der Waals surface area contributed by atoms with Crippen LogP contribution in [0.3, 0.4) is 0 Å². The van der Waals surface area contributed by atoms with Gasteiger partial charge in [-0.3, -0.25) is 0 Å². The van der Waals surface area contributed by atoms with Crippen molar-refractivity contribution in [3.8, 4) is 0 Å². The van der Waals surface area contributed by atoms with Gasteiger partial charge < -0.3 is 11.1 Å². The second-order valence-corrected chi connectivity index (χ2v) is 4.54. The average molecular weight is 268 g/mol. The van der Waals surface area contributed by atoms with Gasteiger partial charge in [0.25, 0.3) is 0 Å². The van der Waals surface area contributed by atoms with E-state index >= 15 is 0 Å². The fourth-order valence-electron chi connectivity index (χ4n) is 1.41. The lowest BCUT2D eigenvalue weighted by molar-refractivity contribution is 1.26. The number of hydrogen-bond donors (Lipinski definition) is 2. The van der Waals surface area contributed by atoms with E-state index in [0.29, 0.717) is 21.6 Å². The van der Waals surface area contributed by atoms with Gasteiger partial charge in [-0.25, -0.2) is 4.98 Å². The summed E-state index contributed by atoms with van der Waals surface area (Å²) in [7, 11) is 0. The minimum atomic E-state index is 0.527. The highest BCUT2D eigenvalue weighted by Gasteiger charge is 2.05. The highest BCUT2D eigenvalue weighted by molar-refractivity contribution is 6.36. The second-order valence-electron chi connectivity index (χ2n) is 3.70. The van der Waals surface area contributed by atoms with Crippen LogP contribution in [0.5, 0.6) is 0 Å². The van der Waals surface area contributed by atoms with E-state index in [-0.39, 0.29) is 0 Å². The number of nitrogen functional groups attached to an aromatic ring is 1. The molecule has 1 aromatic carbocycles. The van der Waals surface area contributed by atoms with Crippen LogP contribution >= 0.6 is 23.2 Å². The lowest BCUT2D eigenvalue weighted by Gasteiger charge is -2.10. The maximum absolute atomic E-state index is 6.05. The Hall–Kier alpha value is -1.45. The molecule has 1 heterocycles. The van der Waals surface area contributed by atoms with Gasteiger partial charge in [-0.2, -0.15) is 0 Å². The van der Waals surface area contributed by atoms with Crippen molar-refractivity contribution in [2.75, 3.05) is 11.1 Å². The third-order valence-electron chi connectivity index (χ3n) is 2.24. The number of benzene rings is 1. The number of hydrogen-bond acceptors (Lipinski definition) is 3. The third kappa shape index (κ3) is 2.81. The molecule has 0 aliphatic carbocycles. The molecule has 2 rings (SSSR count). The molecule has 0 aliphatic heterocycles. The molecule has 3 N–H and O–H groups in total. The van der Waals surface area contributed by atoms with E-state index in [4.69, 9.17) is 28.9 Å². The Balaban J connectivity index is 2.31. The first-order chi connectivity index (χ1) is 8.06. The molecule has 0 unspecified atom stereocenters. The Labute approximate surface area is 110 Å². The van der Waals surface area contributed by atoms with E-state index in [9.17, 15) is 0 Å². The lowest BCUT2D eigenvalue weighted by atomic mass is 10.2. The molecular weight excluding hydrogens is 257 g/mol. The Morgan fingerprint density at radius 2 is 2.00 bits per heavy atom. The van der Waals surface area contributed by atoms with Crippen LogP contribution in [0.2, 0.25) is 10.0 Å². The summed E-state index contributed by atoms with van der Waals surface area (Å²) in [5.74, 6) is 0.583. The summed E-state index contributed by atoms with van der Waals surface area (Å²) in [6.45, 7) is 1.93. The first-order valence-corrected chi connectivity index (χ1v) is 5.76. The number of pyridine rings is 1. The SMILES string of the molecule is Cc1cnc(Nc2ccc(Cl)cc2Cl)c(N)c1. The van der Waals surface area contributed by atoms with Crippen molar-refractivity contribution >= 4 is 40.4 Å². The van der Waals surface area contributed by atoms with Crippen LogP contribution < -0.4 is 11.1 Å². The molecular formula is C12H11Cl2N3. The van der Waals surface area contributed by atoms with Crippen molar-refractivity contribution in [1.29, 1.82) is 0 Å². The number of rotatable bonds is 2. The first kappa shape index (κ1) is 12.0. The molecule has 0 amide bonds. The monoisotopic (exact) mass is 267 g/mol. The van der Waals surface area contributed by atoms with Crippen LogP contribution in [0.15, 0.2) is 30.5 Å². The summed E-state index contributed by atoms with van der Waals surface area (Å²) in [6.07, 6.45) is 1.74. The molecule has 0 atom stereocenters. The Kier molecular flexibility index (Phi) is 3.41. The second kappa shape index (κ2) is 4.82. The standard InChI is InChI=1S/C12H11Cl2N3/c1-7-4-10(15)12(16-6-7)17-11-3-2-8(13)5-9(11)14/h2-6H,15H2,1H3,(H,16,17). The maximum atomic E-state index is 6.05. The summed E-state index contributed by atoms with van der Waals surface area (Å²) in [5, 5.41) is 4.18. The molecule has 0 bridgehead atoms. The van der Waals surface area contributed by atoms with Gasteiger partial charge in [0.05, 0.1) is 16.4 Å². The normalized spacial score (nSPS) is 10.3. The Morgan fingerprint density at radius 1 is 1.24 bits per heavy atom. The highest BCUT2D eigenvalue weighted by atomic mass is 35.5. The Bertz CT molecular complexity index is 506. The number of nitrogens with one attached hydrogen (secondary N) is 1. The summed E-state index contributed by atoms with van der Waals surface area (Å²) in [6, 6.07) is 7.04. The zero-order valence-corrected chi connectivity index (χ0v) is 10.7. The zero-order valence-electron chi connectivity index (χ0n) is 9.17. The van der Waals surface area contributed by atoms with Crippen LogP contribution in [-0.4, -0.2) is 4.98 Å². The van der Waals surface area contributed by atoms with E-state index in [2.05, 4.69) is 10.3 Å². The van der Waals surface area contributed by atoms with Crippen molar-refractivity contribution in [3.63, 3.8) is 0 Å². The molecule has 1 aromatic heterocycles. The predicted octanol–water partition coefficient (Wildman–Crippen LogP) is 4.02. The smallest absolute Gasteiger partial charge is 0.153 e. The summed E-state index contributed by atoms with van der Waals surface area (Å²) >= 11 is 11.9. The number of nitrogens with zero attached hydrogens (tertiary/aromatic N) is 1. The van der Waals surface area contributed by atoms with Gasteiger partial charge in [-0.15, -0.1) is 0 Å². The molecule has 0 radical (unpaired) electrons. The van der Waals surface area contributed by atoms with Crippen LogP contribution in [0.4, 0.5) is 17.2 Å². The van der Waals surface area contributed by atoms with Gasteiger partial charge in [0.15, 0.2) is 5.82 Å². The topological polar surface area (TPSA) is 50.9 Å². The molecule has 0 aliphatic rings. The number of halogens is 2. The summed E-state index contributed by atoms with van der Waals surface area (Å²) in [4.78, 5) is 4.21. The van der Waals surface area contributed by atoms with Crippen LogP contribution in [0.1, 0.15) is 5.56 Å².